The van der Waals surface area contributed by atoms with Crippen molar-refractivity contribution < 1.29 is 17.9 Å². The summed E-state index contributed by atoms with van der Waals surface area (Å²) in [6, 6.07) is 11.1. The molecule has 0 aliphatic heterocycles. The second-order valence-electron chi connectivity index (χ2n) is 7.65. The maximum Gasteiger partial charge on any atom is 0.573 e. The summed E-state index contributed by atoms with van der Waals surface area (Å²) in [4.78, 5) is 18.9. The number of pyridine rings is 2. The summed E-state index contributed by atoms with van der Waals surface area (Å²) in [5.74, 6) is 0.131. The van der Waals surface area contributed by atoms with Gasteiger partial charge in [-0.1, -0.05) is 0 Å². The number of benzene rings is 1. The number of hydrogen-bond acceptors (Lipinski definition) is 5. The van der Waals surface area contributed by atoms with Crippen LogP contribution < -0.4 is 15.2 Å². The van der Waals surface area contributed by atoms with E-state index in [2.05, 4.69) is 9.72 Å². The first-order valence-electron chi connectivity index (χ1n) is 9.71. The van der Waals surface area contributed by atoms with Crippen LogP contribution in [0.2, 0.25) is 0 Å². The SMILES string of the molecule is Cc1cc(N(CC2CC2)c2cc(=O)n(C)c3ccc(C#N)nc23)ccc1OC(F)(F)F. The maximum atomic E-state index is 12.6. The van der Waals surface area contributed by atoms with Crippen molar-refractivity contribution >= 4 is 22.4 Å². The lowest BCUT2D eigenvalue weighted by Gasteiger charge is -2.27. The predicted molar refractivity (Wildman–Crippen MR) is 109 cm³/mol. The molecular weight excluding hydrogens is 409 g/mol. The smallest absolute Gasteiger partial charge is 0.406 e. The number of nitriles is 1. The van der Waals surface area contributed by atoms with E-state index in [1.165, 1.54) is 29.7 Å². The molecule has 1 aromatic carbocycles. The van der Waals surface area contributed by atoms with E-state index in [-0.39, 0.29) is 17.0 Å². The second-order valence-corrected chi connectivity index (χ2v) is 7.65. The normalized spacial score (nSPS) is 13.8. The van der Waals surface area contributed by atoms with Crippen molar-refractivity contribution in [1.29, 1.82) is 5.26 Å². The van der Waals surface area contributed by atoms with Gasteiger partial charge in [0.1, 0.15) is 23.0 Å². The van der Waals surface area contributed by atoms with Crippen molar-refractivity contribution in [2.24, 2.45) is 13.0 Å². The third kappa shape index (κ3) is 4.33. The average Bonchev–Trinajstić information content (AvgIpc) is 3.53. The van der Waals surface area contributed by atoms with E-state index in [4.69, 9.17) is 0 Å². The molecule has 0 spiro atoms. The van der Waals surface area contributed by atoms with Crippen LogP contribution in [-0.2, 0) is 7.05 Å². The number of ether oxygens (including phenoxy) is 1. The van der Waals surface area contributed by atoms with Crippen LogP contribution in [0, 0.1) is 24.2 Å². The van der Waals surface area contributed by atoms with Crippen LogP contribution in [0.4, 0.5) is 24.5 Å². The number of hydrogen-bond donors (Lipinski definition) is 0. The number of fused-ring (bicyclic) bond motifs is 1. The number of anilines is 2. The van der Waals surface area contributed by atoms with Crippen LogP contribution in [0.25, 0.3) is 11.0 Å². The lowest BCUT2D eigenvalue weighted by molar-refractivity contribution is -0.274. The predicted octanol–water partition coefficient (Wildman–Crippen LogP) is 4.56. The lowest BCUT2D eigenvalue weighted by atomic mass is 10.1. The summed E-state index contributed by atoms with van der Waals surface area (Å²) >= 11 is 0. The van der Waals surface area contributed by atoms with Gasteiger partial charge in [-0.2, -0.15) is 5.26 Å². The number of aromatic nitrogens is 2. The molecule has 0 N–H and O–H groups in total. The quantitative estimate of drug-likeness (QED) is 0.596. The standard InChI is InChI=1S/C22H19F3N4O2/c1-13-9-16(6-8-19(13)31-22(23,24)25)29(12-14-3-4-14)18-10-20(30)28(2)17-7-5-15(11-26)27-21(17)18/h5-10,14H,3-4,12H2,1-2H3. The first-order chi connectivity index (χ1) is 14.7. The molecule has 4 rings (SSSR count). The molecule has 0 radical (unpaired) electrons. The molecule has 0 unspecified atom stereocenters. The van der Waals surface area contributed by atoms with Crippen LogP contribution in [0.1, 0.15) is 24.1 Å². The van der Waals surface area contributed by atoms with E-state index in [0.29, 0.717) is 40.4 Å². The van der Waals surface area contributed by atoms with Crippen LogP contribution >= 0.6 is 0 Å². The van der Waals surface area contributed by atoms with E-state index in [1.54, 1.807) is 25.2 Å². The number of halogens is 3. The fourth-order valence-corrected chi connectivity index (χ4v) is 3.52. The van der Waals surface area contributed by atoms with Crippen molar-refractivity contribution in [3.8, 4) is 11.8 Å². The van der Waals surface area contributed by atoms with Gasteiger partial charge < -0.3 is 14.2 Å². The number of aryl methyl sites for hydroxylation is 2. The lowest BCUT2D eigenvalue weighted by Crippen LogP contribution is -2.25. The third-order valence-corrected chi connectivity index (χ3v) is 5.31. The molecule has 1 saturated carbocycles. The summed E-state index contributed by atoms with van der Waals surface area (Å²) in [6.45, 7) is 2.12. The van der Waals surface area contributed by atoms with E-state index in [0.717, 1.165) is 12.8 Å². The van der Waals surface area contributed by atoms with Crippen LogP contribution in [0.15, 0.2) is 41.2 Å². The van der Waals surface area contributed by atoms with Gasteiger partial charge in [-0.15, -0.1) is 13.2 Å². The summed E-state index contributed by atoms with van der Waals surface area (Å²) in [6.07, 6.45) is -2.71. The highest BCUT2D eigenvalue weighted by Gasteiger charge is 2.32. The Bertz CT molecular complexity index is 1260. The fraction of sp³-hybridized carbons (Fsp3) is 0.318. The first-order valence-corrected chi connectivity index (χ1v) is 9.71. The van der Waals surface area contributed by atoms with Gasteiger partial charge in [-0.25, -0.2) is 4.98 Å². The molecule has 0 saturated heterocycles. The van der Waals surface area contributed by atoms with E-state index >= 15 is 0 Å². The minimum Gasteiger partial charge on any atom is -0.406 e. The van der Waals surface area contributed by atoms with Crippen molar-refractivity contribution in [3.63, 3.8) is 0 Å². The number of rotatable bonds is 5. The topological polar surface area (TPSA) is 71.2 Å². The Hall–Kier alpha value is -3.54. The summed E-state index contributed by atoms with van der Waals surface area (Å²) in [5.41, 5.74) is 2.47. The minimum absolute atomic E-state index is 0.212. The monoisotopic (exact) mass is 428 g/mol. The molecule has 3 aromatic rings. The first kappa shape index (κ1) is 20.7. The highest BCUT2D eigenvalue weighted by atomic mass is 19.4. The van der Waals surface area contributed by atoms with Gasteiger partial charge in [0.25, 0.3) is 5.56 Å². The highest BCUT2D eigenvalue weighted by Crippen LogP contribution is 2.38. The molecular formula is C22H19F3N4O2. The third-order valence-electron chi connectivity index (χ3n) is 5.31. The van der Waals surface area contributed by atoms with Crippen LogP contribution in [0.5, 0.6) is 5.75 Å². The van der Waals surface area contributed by atoms with Gasteiger partial charge >= 0.3 is 6.36 Å². The maximum absolute atomic E-state index is 12.6. The van der Waals surface area contributed by atoms with Gasteiger partial charge in [0.05, 0.1) is 11.2 Å². The zero-order valence-electron chi connectivity index (χ0n) is 16.9. The molecule has 1 fully saturated rings. The van der Waals surface area contributed by atoms with Crippen LogP contribution in [-0.4, -0.2) is 22.5 Å². The van der Waals surface area contributed by atoms with E-state index < -0.39 is 6.36 Å². The molecule has 6 nitrogen and oxygen atoms in total. The highest BCUT2D eigenvalue weighted by molar-refractivity contribution is 5.91. The Morgan fingerprint density at radius 3 is 2.61 bits per heavy atom. The van der Waals surface area contributed by atoms with Gasteiger partial charge in [0.15, 0.2) is 0 Å². The van der Waals surface area contributed by atoms with Gasteiger partial charge in [-0.05, 0) is 61.6 Å². The Morgan fingerprint density at radius 2 is 2.00 bits per heavy atom. The number of nitrogens with zero attached hydrogens (tertiary/aromatic N) is 4. The Morgan fingerprint density at radius 1 is 1.26 bits per heavy atom. The van der Waals surface area contributed by atoms with E-state index in [9.17, 15) is 23.2 Å². The molecule has 9 heteroatoms. The summed E-state index contributed by atoms with van der Waals surface area (Å²) in [7, 11) is 1.63. The molecule has 2 heterocycles. The molecule has 0 amide bonds. The van der Waals surface area contributed by atoms with Crippen molar-refractivity contribution in [2.75, 3.05) is 11.4 Å². The van der Waals surface area contributed by atoms with Crippen molar-refractivity contribution in [1.82, 2.24) is 9.55 Å². The summed E-state index contributed by atoms with van der Waals surface area (Å²) in [5, 5.41) is 9.28. The Kier molecular flexibility index (Phi) is 5.09. The molecule has 0 bridgehead atoms. The largest absolute Gasteiger partial charge is 0.573 e. The van der Waals surface area contributed by atoms with Gasteiger partial charge in [0.2, 0.25) is 0 Å². The van der Waals surface area contributed by atoms with Crippen molar-refractivity contribution in [3.05, 3.63) is 58.0 Å². The Labute approximate surface area is 176 Å². The summed E-state index contributed by atoms with van der Waals surface area (Å²) < 4.78 is 43.5. The zero-order valence-corrected chi connectivity index (χ0v) is 16.9. The molecule has 31 heavy (non-hydrogen) atoms. The molecule has 1 aliphatic rings. The van der Waals surface area contributed by atoms with E-state index in [1.807, 2.05) is 11.0 Å². The van der Waals surface area contributed by atoms with Gasteiger partial charge in [-0.3, -0.25) is 4.79 Å². The minimum atomic E-state index is -4.78. The zero-order chi connectivity index (χ0) is 22.3. The molecule has 0 atom stereocenters. The second kappa shape index (κ2) is 7.61. The number of alkyl halides is 3. The van der Waals surface area contributed by atoms with Gasteiger partial charge in [0, 0.05) is 25.3 Å². The Balaban J connectivity index is 1.87. The average molecular weight is 428 g/mol. The fourth-order valence-electron chi connectivity index (χ4n) is 3.52. The van der Waals surface area contributed by atoms with Crippen LogP contribution in [0.3, 0.4) is 0 Å². The molecule has 2 aromatic heterocycles. The molecule has 1 aliphatic carbocycles. The van der Waals surface area contributed by atoms with Crippen molar-refractivity contribution in [2.45, 2.75) is 26.1 Å². The molecule has 160 valence electrons.